The molecule has 1 fully saturated rings. The number of hydrogen-bond donors (Lipinski definition) is 1. The zero-order chi connectivity index (χ0) is 26.8. The van der Waals surface area contributed by atoms with E-state index in [1.54, 1.807) is 0 Å². The first kappa shape index (κ1) is 29.1. The fourth-order valence-corrected chi connectivity index (χ4v) is 3.44. The summed E-state index contributed by atoms with van der Waals surface area (Å²) in [6, 6.07) is 0. The molecule has 1 aliphatic heterocycles. The van der Waals surface area contributed by atoms with Crippen LogP contribution in [0.4, 0.5) is 0 Å². The number of aryl methyl sites for hydroxylation is 1. The van der Waals surface area contributed by atoms with Crippen molar-refractivity contribution in [1.82, 2.24) is 9.55 Å². The summed E-state index contributed by atoms with van der Waals surface area (Å²) < 4.78 is 28.7. The third-order valence-corrected chi connectivity index (χ3v) is 5.34. The van der Waals surface area contributed by atoms with Crippen molar-refractivity contribution in [3.05, 3.63) is 32.6 Å². The van der Waals surface area contributed by atoms with Gasteiger partial charge in [-0.1, -0.05) is 0 Å². The van der Waals surface area contributed by atoms with E-state index in [4.69, 9.17) is 23.7 Å². The van der Waals surface area contributed by atoms with Crippen molar-refractivity contribution in [1.29, 1.82) is 0 Å². The summed E-state index contributed by atoms with van der Waals surface area (Å²) in [4.78, 5) is 73.6. The van der Waals surface area contributed by atoms with Crippen molar-refractivity contribution < 1.29 is 42.9 Å². The molecule has 0 saturated carbocycles. The monoisotopic (exact) mass is 512 g/mol. The number of aromatic amines is 1. The number of methoxy groups -OCH3 is 1. The smallest absolute Gasteiger partial charge is 0.330 e. The van der Waals surface area contributed by atoms with E-state index in [0.717, 1.165) is 4.57 Å². The molecule has 0 bridgehead atoms. The second-order valence-electron chi connectivity index (χ2n) is 8.41. The quantitative estimate of drug-likeness (QED) is 0.262. The van der Waals surface area contributed by atoms with E-state index in [1.165, 1.54) is 34.1 Å². The molecule has 0 unspecified atom stereocenters. The number of aromatic nitrogens is 2. The van der Waals surface area contributed by atoms with E-state index >= 15 is 0 Å². The fraction of sp³-hybridized carbons (Fsp3) is 0.652. The van der Waals surface area contributed by atoms with Crippen LogP contribution in [0.3, 0.4) is 0 Å². The van der Waals surface area contributed by atoms with Crippen molar-refractivity contribution in [2.45, 2.75) is 71.0 Å². The predicted molar refractivity (Wildman–Crippen MR) is 122 cm³/mol. The maximum Gasteiger partial charge on any atom is 0.330 e. The van der Waals surface area contributed by atoms with Gasteiger partial charge in [0, 0.05) is 31.7 Å². The van der Waals surface area contributed by atoms with Crippen LogP contribution in [0, 0.1) is 6.92 Å². The van der Waals surface area contributed by atoms with E-state index in [0.29, 0.717) is 0 Å². The van der Waals surface area contributed by atoms with Gasteiger partial charge in [0.25, 0.3) is 5.56 Å². The zero-order valence-corrected chi connectivity index (χ0v) is 20.8. The van der Waals surface area contributed by atoms with Crippen molar-refractivity contribution in [2.24, 2.45) is 0 Å². The first-order valence-corrected chi connectivity index (χ1v) is 11.5. The molecule has 36 heavy (non-hydrogen) atoms. The largest absolute Gasteiger partial charge is 0.463 e. The van der Waals surface area contributed by atoms with Gasteiger partial charge in [0.1, 0.15) is 30.4 Å². The number of rotatable bonds is 14. The summed E-state index contributed by atoms with van der Waals surface area (Å²) in [6.45, 7) is 4.05. The topological polar surface area (TPSA) is 169 Å². The molecule has 2 heterocycles. The summed E-state index contributed by atoms with van der Waals surface area (Å²) in [5.74, 6) is -1.75. The Morgan fingerprint density at radius 1 is 0.972 bits per heavy atom. The number of H-pyrrole nitrogens is 1. The molecule has 0 amide bonds. The highest BCUT2D eigenvalue weighted by molar-refractivity contribution is 5.81. The molecule has 1 aromatic rings. The second-order valence-corrected chi connectivity index (χ2v) is 8.41. The number of carbonyl (C=O) groups is 4. The number of nitrogens with zero attached hydrogens (tertiary/aromatic N) is 1. The van der Waals surface area contributed by atoms with Crippen LogP contribution in [0.5, 0.6) is 0 Å². The molecule has 1 aromatic heterocycles. The molecule has 2 rings (SSSR count). The van der Waals surface area contributed by atoms with Crippen LogP contribution >= 0.6 is 0 Å². The molecule has 0 aromatic carbocycles. The van der Waals surface area contributed by atoms with Crippen LogP contribution < -0.4 is 11.2 Å². The maximum absolute atomic E-state index is 12.6. The van der Waals surface area contributed by atoms with Gasteiger partial charge in [-0.15, -0.1) is 0 Å². The average Bonchev–Trinajstić information content (AvgIpc) is 3.14. The van der Waals surface area contributed by atoms with Crippen molar-refractivity contribution in [3.8, 4) is 0 Å². The molecule has 1 saturated heterocycles. The second kappa shape index (κ2) is 13.8. The Morgan fingerprint density at radius 2 is 1.61 bits per heavy atom. The minimum Gasteiger partial charge on any atom is -0.463 e. The van der Waals surface area contributed by atoms with Crippen molar-refractivity contribution in [3.63, 3.8) is 0 Å². The highest BCUT2D eigenvalue weighted by atomic mass is 16.6. The number of Topliss-reactive ketones (excluding diaryl/α,β-unsaturated/α-hetero) is 2. The molecule has 1 N–H and O–H groups in total. The highest BCUT2D eigenvalue weighted by Gasteiger charge is 2.49. The third kappa shape index (κ3) is 8.50. The Bertz CT molecular complexity index is 1060. The minimum absolute atomic E-state index is 0.00520. The lowest BCUT2D eigenvalue weighted by Gasteiger charge is -2.25. The van der Waals surface area contributed by atoms with Gasteiger partial charge in [0.2, 0.25) is 0 Å². The van der Waals surface area contributed by atoms with Gasteiger partial charge < -0.3 is 33.3 Å². The third-order valence-electron chi connectivity index (χ3n) is 5.34. The van der Waals surface area contributed by atoms with E-state index in [-0.39, 0.29) is 62.6 Å². The minimum atomic E-state index is -1.16. The summed E-state index contributed by atoms with van der Waals surface area (Å²) >= 11 is 0. The number of ether oxygens (including phenoxy) is 5. The van der Waals surface area contributed by atoms with Crippen LogP contribution in [0.1, 0.15) is 51.3 Å². The van der Waals surface area contributed by atoms with E-state index in [2.05, 4.69) is 4.98 Å². The Labute approximate surface area is 207 Å². The van der Waals surface area contributed by atoms with Gasteiger partial charge in [-0.25, -0.2) is 4.79 Å². The predicted octanol–water partition coefficient (Wildman–Crippen LogP) is -0.0326. The van der Waals surface area contributed by atoms with Gasteiger partial charge >= 0.3 is 17.6 Å². The van der Waals surface area contributed by atoms with E-state index in [9.17, 15) is 28.8 Å². The van der Waals surface area contributed by atoms with E-state index in [1.807, 2.05) is 0 Å². The van der Waals surface area contributed by atoms with Gasteiger partial charge in [-0.3, -0.25) is 23.9 Å². The summed E-state index contributed by atoms with van der Waals surface area (Å²) in [5, 5.41) is 0. The SMILES string of the molecule is COCCO[C@@H]1[C@H](OC(=O)CCC(C)=O)[C@@H](COC(=O)CCC(C)=O)O[C@H]1n1cc(C)c(=O)[nH]c1=O. The lowest BCUT2D eigenvalue weighted by Crippen LogP contribution is -2.42. The summed E-state index contributed by atoms with van der Waals surface area (Å²) in [5.41, 5.74) is -1.13. The molecule has 0 radical (unpaired) electrons. The lowest BCUT2D eigenvalue weighted by molar-refractivity contribution is -0.162. The molecule has 0 spiro atoms. The molecular formula is C23H32N2O11. The summed E-state index contributed by atoms with van der Waals surface area (Å²) in [7, 11) is 1.46. The number of esters is 2. The number of hydrogen-bond acceptors (Lipinski definition) is 11. The number of nitrogens with one attached hydrogen (secondary N) is 1. The maximum atomic E-state index is 12.6. The first-order valence-electron chi connectivity index (χ1n) is 11.5. The summed E-state index contributed by atoms with van der Waals surface area (Å²) in [6.07, 6.45) is -3.46. The Morgan fingerprint density at radius 3 is 2.22 bits per heavy atom. The van der Waals surface area contributed by atoms with Crippen LogP contribution in [-0.2, 0) is 42.9 Å². The van der Waals surface area contributed by atoms with Crippen LogP contribution in [0.15, 0.2) is 15.8 Å². The normalized spacial score (nSPS) is 21.2. The van der Waals surface area contributed by atoms with Crippen molar-refractivity contribution >= 4 is 23.5 Å². The van der Waals surface area contributed by atoms with Gasteiger partial charge in [-0.05, 0) is 20.8 Å². The van der Waals surface area contributed by atoms with Gasteiger partial charge in [0.05, 0.1) is 26.1 Å². The Hall–Kier alpha value is -3.16. The molecule has 13 nitrogen and oxygen atoms in total. The molecular weight excluding hydrogens is 480 g/mol. The molecule has 200 valence electrons. The molecule has 0 aliphatic carbocycles. The molecule has 1 aliphatic rings. The van der Waals surface area contributed by atoms with Crippen LogP contribution in [0.2, 0.25) is 0 Å². The zero-order valence-electron chi connectivity index (χ0n) is 20.8. The average molecular weight is 513 g/mol. The number of carbonyl (C=O) groups excluding carboxylic acids is 4. The van der Waals surface area contributed by atoms with Crippen LogP contribution in [-0.4, -0.2) is 78.3 Å². The Balaban J connectivity index is 2.34. The van der Waals surface area contributed by atoms with Crippen LogP contribution in [0.25, 0.3) is 0 Å². The Kier molecular flexibility index (Phi) is 11.1. The van der Waals surface area contributed by atoms with Gasteiger partial charge in [0.15, 0.2) is 12.3 Å². The number of ketones is 2. The molecule has 13 heteroatoms. The molecule has 4 atom stereocenters. The fourth-order valence-electron chi connectivity index (χ4n) is 3.44. The van der Waals surface area contributed by atoms with E-state index < -0.39 is 47.7 Å². The first-order chi connectivity index (χ1) is 17.0. The standard InChI is InChI=1S/C23H32N2O11/c1-13-11-25(23(31)24-21(13)30)22-20(33-10-9-32-4)19(36-18(29)8-6-15(3)27)16(35-22)12-34-17(28)7-5-14(2)26/h11,16,19-20,22H,5-10,12H2,1-4H3,(H,24,30,31)/t16-,19-,20-,22-/m1/s1. The van der Waals surface area contributed by atoms with Gasteiger partial charge in [-0.2, -0.15) is 0 Å². The van der Waals surface area contributed by atoms with Crippen molar-refractivity contribution in [2.75, 3.05) is 26.9 Å². The highest BCUT2D eigenvalue weighted by Crippen LogP contribution is 2.33. The lowest BCUT2D eigenvalue weighted by atomic mass is 10.1.